The second kappa shape index (κ2) is 7.38. The number of carboxylic acid groups (broad SMARTS) is 1. The highest BCUT2D eigenvalue weighted by Gasteiger charge is 2.49. The van der Waals surface area contributed by atoms with Crippen LogP contribution < -0.4 is 16.2 Å². The number of carboxylic acids is 1. The fourth-order valence-corrected chi connectivity index (χ4v) is 4.34. The van der Waals surface area contributed by atoms with Gasteiger partial charge in [-0.2, -0.15) is 0 Å². The first-order valence-electron chi connectivity index (χ1n) is 9.41. The van der Waals surface area contributed by atoms with E-state index >= 15 is 0 Å². The molecule has 2 aromatic carbocycles. The fraction of sp³-hybridized carbons (Fsp3) is 0.381. The van der Waals surface area contributed by atoms with Gasteiger partial charge in [0.25, 0.3) is 0 Å². The van der Waals surface area contributed by atoms with Gasteiger partial charge in [-0.05, 0) is 41.7 Å². The second-order valence-electron chi connectivity index (χ2n) is 7.37. The highest BCUT2D eigenvalue weighted by molar-refractivity contribution is 5.71. The lowest BCUT2D eigenvalue weighted by Crippen LogP contribution is -2.53. The number of benzene rings is 2. The first-order valence-corrected chi connectivity index (χ1v) is 9.41. The molecule has 4 rings (SSSR count). The third kappa shape index (κ3) is 3.48. The van der Waals surface area contributed by atoms with Gasteiger partial charge in [0.1, 0.15) is 5.82 Å². The smallest absolute Gasteiger partial charge is 0.307 e. The Morgan fingerprint density at radius 2 is 1.74 bits per heavy atom. The molecule has 5 nitrogen and oxygen atoms in total. The number of piperidine rings is 1. The van der Waals surface area contributed by atoms with E-state index in [1.54, 1.807) is 12.1 Å². The van der Waals surface area contributed by atoms with E-state index in [9.17, 15) is 14.3 Å². The van der Waals surface area contributed by atoms with E-state index in [1.807, 2.05) is 0 Å². The molecule has 2 aliphatic heterocycles. The molecule has 2 saturated heterocycles. The zero-order valence-electron chi connectivity index (χ0n) is 15.2. The number of rotatable bonds is 4. The highest BCUT2D eigenvalue weighted by Crippen LogP contribution is 2.42. The fourth-order valence-electron chi connectivity index (χ4n) is 4.34. The molecular formula is C21H24FN3O2. The summed E-state index contributed by atoms with van der Waals surface area (Å²) >= 11 is 0. The van der Waals surface area contributed by atoms with Gasteiger partial charge in [0.15, 0.2) is 0 Å². The van der Waals surface area contributed by atoms with Gasteiger partial charge >= 0.3 is 5.97 Å². The lowest BCUT2D eigenvalue weighted by Gasteiger charge is -2.39. The van der Waals surface area contributed by atoms with Crippen molar-refractivity contribution in [1.29, 1.82) is 0 Å². The third-order valence-electron chi connectivity index (χ3n) is 5.84. The summed E-state index contributed by atoms with van der Waals surface area (Å²) in [6.45, 7) is 2.11. The molecule has 4 N–H and O–H groups in total. The molecule has 5 unspecified atom stereocenters. The molecule has 2 fully saturated rings. The molecule has 6 heteroatoms. The van der Waals surface area contributed by atoms with Gasteiger partial charge in [0, 0.05) is 12.0 Å². The van der Waals surface area contributed by atoms with Crippen LogP contribution in [0.1, 0.15) is 42.1 Å². The number of hydrogen-bond acceptors (Lipinski definition) is 4. The number of aryl methyl sites for hydroxylation is 1. The standard InChI is InChI=1S/C21H24FN3O2/c1-2-12-3-5-13(6-4-12)17-11-16(21(26)27)18-19(24-25-20(18)23-17)14-7-9-15(22)10-8-14/h3-10,16-20,23-25H,2,11H2,1H3,(H,26,27). The minimum Gasteiger partial charge on any atom is -0.481 e. The molecule has 0 bridgehead atoms. The maximum absolute atomic E-state index is 13.3. The summed E-state index contributed by atoms with van der Waals surface area (Å²) < 4.78 is 13.3. The maximum Gasteiger partial charge on any atom is 0.307 e. The molecule has 0 amide bonds. The van der Waals surface area contributed by atoms with Gasteiger partial charge < -0.3 is 5.11 Å². The molecule has 2 heterocycles. The summed E-state index contributed by atoms with van der Waals surface area (Å²) in [6, 6.07) is 14.4. The van der Waals surface area contributed by atoms with Crippen LogP contribution in [0.3, 0.4) is 0 Å². The van der Waals surface area contributed by atoms with Crippen LogP contribution in [-0.4, -0.2) is 17.2 Å². The highest BCUT2D eigenvalue weighted by atomic mass is 19.1. The van der Waals surface area contributed by atoms with E-state index < -0.39 is 11.9 Å². The Morgan fingerprint density at radius 1 is 1.07 bits per heavy atom. The maximum atomic E-state index is 13.3. The summed E-state index contributed by atoms with van der Waals surface area (Å²) in [5.41, 5.74) is 9.67. The molecule has 0 aliphatic carbocycles. The van der Waals surface area contributed by atoms with Crippen molar-refractivity contribution in [1.82, 2.24) is 16.2 Å². The number of hydrogen-bond donors (Lipinski definition) is 4. The molecular weight excluding hydrogens is 345 g/mol. The molecule has 5 atom stereocenters. The van der Waals surface area contributed by atoms with Crippen LogP contribution in [0, 0.1) is 17.7 Å². The van der Waals surface area contributed by atoms with Crippen LogP contribution >= 0.6 is 0 Å². The minimum atomic E-state index is -0.792. The van der Waals surface area contributed by atoms with Crippen molar-refractivity contribution in [2.24, 2.45) is 11.8 Å². The van der Waals surface area contributed by atoms with E-state index in [2.05, 4.69) is 47.4 Å². The molecule has 27 heavy (non-hydrogen) atoms. The minimum absolute atomic E-state index is 0.0282. The van der Waals surface area contributed by atoms with Gasteiger partial charge in [-0.25, -0.2) is 15.2 Å². The quantitative estimate of drug-likeness (QED) is 0.667. The van der Waals surface area contributed by atoms with Crippen molar-refractivity contribution in [3.8, 4) is 0 Å². The van der Waals surface area contributed by atoms with Crippen molar-refractivity contribution >= 4 is 5.97 Å². The summed E-state index contributed by atoms with van der Waals surface area (Å²) in [6.07, 6.45) is 1.32. The second-order valence-corrected chi connectivity index (χ2v) is 7.37. The van der Waals surface area contributed by atoms with Crippen LogP contribution in [0.2, 0.25) is 0 Å². The predicted molar refractivity (Wildman–Crippen MR) is 100 cm³/mol. The molecule has 0 aromatic heterocycles. The summed E-state index contributed by atoms with van der Waals surface area (Å²) in [7, 11) is 0. The van der Waals surface area contributed by atoms with Crippen molar-refractivity contribution in [2.45, 2.75) is 38.0 Å². The van der Waals surface area contributed by atoms with Crippen LogP contribution in [-0.2, 0) is 11.2 Å². The number of hydrazine groups is 1. The van der Waals surface area contributed by atoms with Gasteiger partial charge in [-0.15, -0.1) is 0 Å². The third-order valence-corrected chi connectivity index (χ3v) is 5.84. The monoisotopic (exact) mass is 369 g/mol. The Labute approximate surface area is 158 Å². The molecule has 2 aliphatic rings. The summed E-state index contributed by atoms with van der Waals surface area (Å²) in [5, 5.41) is 13.5. The first kappa shape index (κ1) is 18.1. The average molecular weight is 369 g/mol. The van der Waals surface area contributed by atoms with Gasteiger partial charge in [-0.3, -0.25) is 10.1 Å². The zero-order chi connectivity index (χ0) is 19.0. The SMILES string of the molecule is CCc1ccc(C2CC(C(=O)O)C3C(NNC3c3ccc(F)cc3)N2)cc1. The van der Waals surface area contributed by atoms with Crippen molar-refractivity contribution in [2.75, 3.05) is 0 Å². The lowest BCUT2D eigenvalue weighted by molar-refractivity contribution is -0.146. The van der Waals surface area contributed by atoms with Crippen LogP contribution in [0.15, 0.2) is 48.5 Å². The summed E-state index contributed by atoms with van der Waals surface area (Å²) in [5.74, 6) is -1.77. The van der Waals surface area contributed by atoms with Gasteiger partial charge in [0.2, 0.25) is 0 Å². The number of nitrogens with one attached hydrogen (secondary N) is 3. The molecule has 0 radical (unpaired) electrons. The Bertz CT molecular complexity index is 809. The van der Waals surface area contributed by atoms with E-state index in [0.717, 1.165) is 17.5 Å². The van der Waals surface area contributed by atoms with E-state index in [4.69, 9.17) is 0 Å². The van der Waals surface area contributed by atoms with E-state index in [0.29, 0.717) is 6.42 Å². The molecule has 0 spiro atoms. The average Bonchev–Trinajstić information content (AvgIpc) is 3.12. The summed E-state index contributed by atoms with van der Waals surface area (Å²) in [4.78, 5) is 12.1. The van der Waals surface area contributed by atoms with Crippen LogP contribution in [0.5, 0.6) is 0 Å². The van der Waals surface area contributed by atoms with Crippen LogP contribution in [0.4, 0.5) is 4.39 Å². The number of aliphatic carboxylic acids is 1. The Kier molecular flexibility index (Phi) is 4.95. The molecule has 2 aromatic rings. The number of fused-ring (bicyclic) bond motifs is 1. The number of carbonyl (C=O) groups is 1. The topological polar surface area (TPSA) is 73.4 Å². The van der Waals surface area contributed by atoms with Crippen LogP contribution in [0.25, 0.3) is 0 Å². The molecule has 0 saturated carbocycles. The Balaban J connectivity index is 1.59. The predicted octanol–water partition coefficient (Wildman–Crippen LogP) is 2.91. The van der Waals surface area contributed by atoms with Gasteiger partial charge in [-0.1, -0.05) is 43.3 Å². The lowest BCUT2D eigenvalue weighted by atomic mass is 9.75. The van der Waals surface area contributed by atoms with Crippen molar-refractivity contribution in [3.05, 3.63) is 71.0 Å². The zero-order valence-corrected chi connectivity index (χ0v) is 15.2. The Morgan fingerprint density at radius 3 is 2.37 bits per heavy atom. The largest absolute Gasteiger partial charge is 0.481 e. The molecule has 142 valence electrons. The first-order chi connectivity index (χ1) is 13.1. The normalized spacial score (nSPS) is 30.1. The van der Waals surface area contributed by atoms with E-state index in [-0.39, 0.29) is 30.0 Å². The Hall–Kier alpha value is -2.28. The van der Waals surface area contributed by atoms with Crippen molar-refractivity contribution in [3.63, 3.8) is 0 Å². The van der Waals surface area contributed by atoms with E-state index in [1.165, 1.54) is 17.7 Å². The van der Waals surface area contributed by atoms with Crippen molar-refractivity contribution < 1.29 is 14.3 Å². The van der Waals surface area contributed by atoms with Gasteiger partial charge in [0.05, 0.1) is 18.1 Å². The number of halogens is 1.